The number of hydrogen-bond acceptors (Lipinski definition) is 6. The van der Waals surface area contributed by atoms with Gasteiger partial charge in [-0.25, -0.2) is 9.97 Å². The first-order valence-electron chi connectivity index (χ1n) is 7.94. The second kappa shape index (κ2) is 6.60. The lowest BCUT2D eigenvalue weighted by molar-refractivity contribution is 0.103. The Hall–Kier alpha value is -3.80. The summed E-state index contributed by atoms with van der Waals surface area (Å²) in [6.45, 7) is 0. The molecule has 0 radical (unpaired) electrons. The highest BCUT2D eigenvalue weighted by molar-refractivity contribution is 6.10. The van der Waals surface area contributed by atoms with Crippen molar-refractivity contribution in [1.29, 1.82) is 0 Å². The van der Waals surface area contributed by atoms with Gasteiger partial charge in [0.1, 0.15) is 5.76 Å². The van der Waals surface area contributed by atoms with Crippen molar-refractivity contribution in [3.63, 3.8) is 0 Å². The van der Waals surface area contributed by atoms with E-state index in [1.54, 1.807) is 30.8 Å². The summed E-state index contributed by atoms with van der Waals surface area (Å²) in [6, 6.07) is 14.7. The number of ketones is 1. The van der Waals surface area contributed by atoms with Crippen LogP contribution in [0.15, 0.2) is 77.8 Å². The Morgan fingerprint density at radius 1 is 1.00 bits per heavy atom. The number of nitrogens with two attached hydrogens (primary N) is 1. The van der Waals surface area contributed by atoms with Crippen molar-refractivity contribution < 1.29 is 9.21 Å². The number of carbonyl (C=O) groups is 1. The summed E-state index contributed by atoms with van der Waals surface area (Å²) in [7, 11) is 0. The Morgan fingerprint density at radius 2 is 1.88 bits per heavy atom. The van der Waals surface area contributed by atoms with E-state index >= 15 is 0 Å². The van der Waals surface area contributed by atoms with Crippen molar-refractivity contribution in [3.8, 4) is 22.6 Å². The molecule has 2 N–H and O–H groups in total. The first-order valence-corrected chi connectivity index (χ1v) is 7.94. The standard InChI is InChI=1S/C20H14N4O2/c21-20-18(19(25)15-6-2-8-22-11-15)24-16(12-23-20)13-4-1-5-14(10-13)17-7-3-9-26-17/h1-12H,(H2,21,23). The molecule has 0 amide bonds. The van der Waals surface area contributed by atoms with Gasteiger partial charge in [-0.1, -0.05) is 18.2 Å². The van der Waals surface area contributed by atoms with Crippen LogP contribution in [0.25, 0.3) is 22.6 Å². The van der Waals surface area contributed by atoms with Crippen molar-refractivity contribution in [1.82, 2.24) is 15.0 Å². The van der Waals surface area contributed by atoms with Crippen molar-refractivity contribution in [2.45, 2.75) is 0 Å². The van der Waals surface area contributed by atoms with Crippen LogP contribution in [0.3, 0.4) is 0 Å². The van der Waals surface area contributed by atoms with Crippen LogP contribution in [0.2, 0.25) is 0 Å². The molecule has 0 spiro atoms. The van der Waals surface area contributed by atoms with Gasteiger partial charge in [0.05, 0.1) is 18.2 Å². The molecule has 26 heavy (non-hydrogen) atoms. The number of aromatic nitrogens is 3. The lowest BCUT2D eigenvalue weighted by Gasteiger charge is -2.07. The molecule has 0 saturated carbocycles. The van der Waals surface area contributed by atoms with Crippen LogP contribution in [-0.4, -0.2) is 20.7 Å². The molecule has 4 rings (SSSR count). The highest BCUT2D eigenvalue weighted by atomic mass is 16.3. The Kier molecular flexibility index (Phi) is 3.99. The number of pyridine rings is 1. The van der Waals surface area contributed by atoms with Crippen molar-refractivity contribution in [2.24, 2.45) is 0 Å². The maximum Gasteiger partial charge on any atom is 0.216 e. The predicted molar refractivity (Wildman–Crippen MR) is 97.3 cm³/mol. The fourth-order valence-electron chi connectivity index (χ4n) is 2.61. The smallest absolute Gasteiger partial charge is 0.216 e. The van der Waals surface area contributed by atoms with E-state index in [-0.39, 0.29) is 17.3 Å². The zero-order valence-electron chi connectivity index (χ0n) is 13.7. The molecule has 1 aromatic carbocycles. The highest BCUT2D eigenvalue weighted by Gasteiger charge is 2.17. The number of benzene rings is 1. The van der Waals surface area contributed by atoms with E-state index in [4.69, 9.17) is 10.2 Å². The van der Waals surface area contributed by atoms with Crippen LogP contribution in [-0.2, 0) is 0 Å². The van der Waals surface area contributed by atoms with Crippen molar-refractivity contribution in [3.05, 3.63) is 84.6 Å². The molecule has 0 aliphatic heterocycles. The maximum absolute atomic E-state index is 12.7. The van der Waals surface area contributed by atoms with Gasteiger partial charge in [0.15, 0.2) is 11.5 Å². The summed E-state index contributed by atoms with van der Waals surface area (Å²) in [5, 5.41) is 0. The molecule has 0 aliphatic carbocycles. The molecule has 6 heteroatoms. The van der Waals surface area contributed by atoms with Gasteiger partial charge in [-0.05, 0) is 30.3 Å². The average Bonchev–Trinajstić information content (AvgIpc) is 3.23. The maximum atomic E-state index is 12.7. The largest absolute Gasteiger partial charge is 0.464 e. The molecular formula is C20H14N4O2. The van der Waals surface area contributed by atoms with Gasteiger partial charge in [0.2, 0.25) is 5.78 Å². The van der Waals surface area contributed by atoms with E-state index in [1.165, 1.54) is 6.20 Å². The number of anilines is 1. The average molecular weight is 342 g/mol. The third-order valence-corrected chi connectivity index (χ3v) is 3.90. The molecule has 0 saturated heterocycles. The highest BCUT2D eigenvalue weighted by Crippen LogP contribution is 2.26. The molecule has 126 valence electrons. The third-order valence-electron chi connectivity index (χ3n) is 3.90. The third kappa shape index (κ3) is 2.95. The van der Waals surface area contributed by atoms with Gasteiger partial charge in [-0.15, -0.1) is 0 Å². The molecule has 0 unspecified atom stereocenters. The number of nitrogen functional groups attached to an aromatic ring is 1. The Labute approximate surface area is 149 Å². The minimum absolute atomic E-state index is 0.0878. The second-order valence-corrected chi connectivity index (χ2v) is 5.62. The van der Waals surface area contributed by atoms with Crippen molar-refractivity contribution in [2.75, 3.05) is 5.73 Å². The molecule has 3 aromatic heterocycles. The molecule has 0 atom stereocenters. The van der Waals surface area contributed by atoms with Gasteiger partial charge in [-0.3, -0.25) is 9.78 Å². The first-order chi connectivity index (χ1) is 12.7. The van der Waals surface area contributed by atoms with Gasteiger partial charge in [-0.2, -0.15) is 0 Å². The van der Waals surface area contributed by atoms with Crippen LogP contribution in [0.5, 0.6) is 0 Å². The quantitative estimate of drug-likeness (QED) is 0.569. The predicted octanol–water partition coefficient (Wildman–Crippen LogP) is 3.61. The lowest BCUT2D eigenvalue weighted by atomic mass is 10.1. The normalized spacial score (nSPS) is 10.6. The molecule has 0 aliphatic rings. The van der Waals surface area contributed by atoms with Gasteiger partial charge < -0.3 is 10.2 Å². The molecule has 0 fully saturated rings. The van der Waals surface area contributed by atoms with E-state index < -0.39 is 0 Å². The summed E-state index contributed by atoms with van der Waals surface area (Å²) < 4.78 is 5.43. The summed E-state index contributed by atoms with van der Waals surface area (Å²) in [4.78, 5) is 25.2. The monoisotopic (exact) mass is 342 g/mol. The van der Waals surface area contributed by atoms with E-state index in [1.807, 2.05) is 36.4 Å². The summed E-state index contributed by atoms with van der Waals surface area (Å²) in [6.07, 6.45) is 6.25. The fourth-order valence-corrected chi connectivity index (χ4v) is 2.61. The van der Waals surface area contributed by atoms with E-state index in [2.05, 4.69) is 15.0 Å². The number of rotatable bonds is 4. The van der Waals surface area contributed by atoms with E-state index in [0.29, 0.717) is 11.3 Å². The zero-order chi connectivity index (χ0) is 17.9. The SMILES string of the molecule is Nc1ncc(-c2cccc(-c3ccco3)c2)nc1C(=O)c1cccnc1. The van der Waals surface area contributed by atoms with Gasteiger partial charge >= 0.3 is 0 Å². The van der Waals surface area contributed by atoms with Crippen LogP contribution in [0.1, 0.15) is 16.1 Å². The molecule has 3 heterocycles. The lowest BCUT2D eigenvalue weighted by Crippen LogP contribution is -2.10. The summed E-state index contributed by atoms with van der Waals surface area (Å²) in [5.41, 5.74) is 8.68. The van der Waals surface area contributed by atoms with Crippen LogP contribution < -0.4 is 5.73 Å². The Morgan fingerprint density at radius 3 is 2.65 bits per heavy atom. The van der Waals surface area contributed by atoms with Crippen LogP contribution >= 0.6 is 0 Å². The zero-order valence-corrected chi connectivity index (χ0v) is 13.7. The molecule has 6 nitrogen and oxygen atoms in total. The van der Waals surface area contributed by atoms with Gasteiger partial charge in [0.25, 0.3) is 0 Å². The fraction of sp³-hybridized carbons (Fsp3) is 0. The molecule has 0 bridgehead atoms. The second-order valence-electron chi connectivity index (χ2n) is 5.62. The Balaban J connectivity index is 1.75. The number of hydrogen-bond donors (Lipinski definition) is 1. The van der Waals surface area contributed by atoms with Gasteiger partial charge in [0, 0.05) is 29.1 Å². The number of carbonyl (C=O) groups excluding carboxylic acids is 1. The molecule has 4 aromatic rings. The van der Waals surface area contributed by atoms with E-state index in [0.717, 1.165) is 16.9 Å². The minimum Gasteiger partial charge on any atom is -0.464 e. The van der Waals surface area contributed by atoms with Crippen molar-refractivity contribution >= 4 is 11.6 Å². The topological polar surface area (TPSA) is 94.9 Å². The summed E-state index contributed by atoms with van der Waals surface area (Å²) >= 11 is 0. The number of furan rings is 1. The van der Waals surface area contributed by atoms with Crippen LogP contribution in [0.4, 0.5) is 5.82 Å². The summed E-state index contributed by atoms with van der Waals surface area (Å²) in [5.74, 6) is 0.527. The van der Waals surface area contributed by atoms with E-state index in [9.17, 15) is 4.79 Å². The Bertz CT molecular complexity index is 1060. The number of nitrogens with zero attached hydrogens (tertiary/aromatic N) is 3. The minimum atomic E-state index is -0.313. The molecular weight excluding hydrogens is 328 g/mol. The first kappa shape index (κ1) is 15.7. The van der Waals surface area contributed by atoms with Crippen LogP contribution in [0, 0.1) is 0 Å².